The number of methoxy groups -OCH3 is 1. The number of imidazole rings is 1. The molecule has 3 rings (SSSR count). The fourth-order valence-corrected chi connectivity index (χ4v) is 5.14. The molecular weight excluding hydrogens is 557 g/mol. The number of halogens is 3. The van der Waals surface area contributed by atoms with Crippen molar-refractivity contribution in [2.45, 2.75) is 43.0 Å². The number of para-hydroxylation sites is 2. The van der Waals surface area contributed by atoms with Gasteiger partial charge in [0.2, 0.25) is 0 Å². The summed E-state index contributed by atoms with van der Waals surface area (Å²) in [6.07, 6.45) is -4.80. The summed E-state index contributed by atoms with van der Waals surface area (Å²) in [4.78, 5) is 34.5. The van der Waals surface area contributed by atoms with Gasteiger partial charge in [-0.15, -0.1) is 0 Å². The maximum atomic E-state index is 13.6. The van der Waals surface area contributed by atoms with Gasteiger partial charge in [0.05, 0.1) is 23.3 Å². The molecule has 0 radical (unpaired) electrons. The zero-order valence-electron chi connectivity index (χ0n) is 22.0. The van der Waals surface area contributed by atoms with Crippen LogP contribution in [0.4, 0.5) is 22.8 Å². The number of benzene rings is 1. The molecule has 0 aliphatic carbocycles. The second kappa shape index (κ2) is 13.7. The van der Waals surface area contributed by atoms with Crippen molar-refractivity contribution in [1.29, 1.82) is 0 Å². The number of carboxylic acid groups (broad SMARTS) is 1. The highest BCUT2D eigenvalue weighted by Gasteiger charge is 2.31. The number of nitrogens with zero attached hydrogens (tertiary/aromatic N) is 4. The molecule has 2 atom stereocenters. The number of hydrogen-bond acceptors (Lipinski definition) is 8. The summed E-state index contributed by atoms with van der Waals surface area (Å²) in [5.74, 6) is -0.307. The Morgan fingerprint density at radius 3 is 2.65 bits per heavy atom. The Bertz CT molecular complexity index is 1320. The lowest BCUT2D eigenvalue weighted by molar-refractivity contribution is -0.153. The van der Waals surface area contributed by atoms with E-state index in [1.165, 1.54) is 38.2 Å². The number of aromatic nitrogens is 3. The predicted molar refractivity (Wildman–Crippen MR) is 138 cm³/mol. The number of pyridine rings is 1. The Balaban J connectivity index is 1.88. The highest BCUT2D eigenvalue weighted by molar-refractivity contribution is 7.90. The van der Waals surface area contributed by atoms with Gasteiger partial charge in [0.15, 0.2) is 12.4 Å². The van der Waals surface area contributed by atoms with Crippen LogP contribution in [0.3, 0.4) is 0 Å². The number of hydrogen-bond donors (Lipinski definition) is 1. The van der Waals surface area contributed by atoms with Gasteiger partial charge in [0.25, 0.3) is 0 Å². The third-order valence-electron chi connectivity index (χ3n) is 5.79. The van der Waals surface area contributed by atoms with Crippen LogP contribution < -0.4 is 4.74 Å². The molecule has 1 amide bonds. The average Bonchev–Trinajstić information content (AvgIpc) is 3.27. The Kier molecular flexibility index (Phi) is 10.6. The molecule has 0 aliphatic heterocycles. The number of amides is 1. The monoisotopic (exact) mass is 586 g/mol. The van der Waals surface area contributed by atoms with Crippen molar-refractivity contribution >= 4 is 34.4 Å². The third kappa shape index (κ3) is 8.22. The summed E-state index contributed by atoms with van der Waals surface area (Å²) in [7, 11) is 2.96. The van der Waals surface area contributed by atoms with Gasteiger partial charge < -0.3 is 28.8 Å². The van der Waals surface area contributed by atoms with Crippen LogP contribution in [0.1, 0.15) is 24.1 Å². The molecule has 218 valence electrons. The maximum Gasteiger partial charge on any atom is 0.506 e. The van der Waals surface area contributed by atoms with Crippen LogP contribution in [0, 0.1) is 6.92 Å². The van der Waals surface area contributed by atoms with Crippen molar-refractivity contribution in [1.82, 2.24) is 19.4 Å². The van der Waals surface area contributed by atoms with E-state index < -0.39 is 42.2 Å². The Morgan fingerprint density at radius 1 is 1.25 bits per heavy atom. The van der Waals surface area contributed by atoms with Gasteiger partial charge in [-0.3, -0.25) is 4.98 Å². The average molecular weight is 587 g/mol. The molecule has 0 fully saturated rings. The van der Waals surface area contributed by atoms with E-state index >= 15 is 0 Å². The quantitative estimate of drug-likeness (QED) is 0.186. The van der Waals surface area contributed by atoms with Crippen molar-refractivity contribution in [2.75, 3.05) is 33.9 Å². The van der Waals surface area contributed by atoms with Gasteiger partial charge in [0.1, 0.15) is 11.9 Å². The standard InChI is InChI=1S/C25H29F3N4O7S/c1-16-19(29-11-10-21(16)38-15-25(26,27)28)14-40(36)22-30-18-8-4-5-9-20(18)32(22)23(33)31(2)13-17(39-24(34)35)7-6-12-37-3/h4-5,8-11,17H,6-7,12-15H2,1-3H3,(H,34,35). The minimum Gasteiger partial charge on any atom is -0.609 e. The second-order valence-electron chi connectivity index (χ2n) is 8.80. The lowest BCUT2D eigenvalue weighted by atomic mass is 10.2. The van der Waals surface area contributed by atoms with Crippen molar-refractivity contribution in [3.63, 3.8) is 0 Å². The number of carbonyl (C=O) groups is 2. The van der Waals surface area contributed by atoms with E-state index in [-0.39, 0.29) is 34.5 Å². The lowest BCUT2D eigenvalue weighted by Crippen LogP contribution is -2.39. The van der Waals surface area contributed by atoms with Crippen LogP contribution in [0.25, 0.3) is 11.0 Å². The fraction of sp³-hybridized carbons (Fsp3) is 0.440. The van der Waals surface area contributed by atoms with Crippen LogP contribution >= 0.6 is 0 Å². The highest BCUT2D eigenvalue weighted by atomic mass is 32.2. The van der Waals surface area contributed by atoms with Crippen molar-refractivity contribution in [3.8, 4) is 5.75 Å². The molecule has 0 aliphatic rings. The normalized spacial score (nSPS) is 13.2. The number of fused-ring (bicyclic) bond motifs is 1. The summed E-state index contributed by atoms with van der Waals surface area (Å²) < 4.78 is 67.4. The Morgan fingerprint density at radius 2 is 1.98 bits per heavy atom. The summed E-state index contributed by atoms with van der Waals surface area (Å²) in [6, 6.07) is 7.28. The van der Waals surface area contributed by atoms with E-state index in [0.29, 0.717) is 30.5 Å². The third-order valence-corrected chi connectivity index (χ3v) is 7.01. The minimum atomic E-state index is -4.53. The lowest BCUT2D eigenvalue weighted by Gasteiger charge is -2.24. The zero-order valence-corrected chi connectivity index (χ0v) is 22.8. The number of rotatable bonds is 12. The summed E-state index contributed by atoms with van der Waals surface area (Å²) >= 11 is -1.96. The van der Waals surface area contributed by atoms with Crippen molar-refractivity contribution in [3.05, 3.63) is 47.8 Å². The molecule has 0 saturated carbocycles. The smallest absolute Gasteiger partial charge is 0.506 e. The second-order valence-corrected chi connectivity index (χ2v) is 10.1. The van der Waals surface area contributed by atoms with Gasteiger partial charge in [-0.05, 0) is 38.0 Å². The highest BCUT2D eigenvalue weighted by Crippen LogP contribution is 2.27. The fourth-order valence-electron chi connectivity index (χ4n) is 3.89. The van der Waals surface area contributed by atoms with Crippen LogP contribution in [-0.2, 0) is 26.4 Å². The molecular formula is C25H29F3N4O7S. The Hall–Kier alpha value is -3.56. The van der Waals surface area contributed by atoms with Gasteiger partial charge in [-0.1, -0.05) is 12.1 Å². The van der Waals surface area contributed by atoms with Crippen LogP contribution in [0.2, 0.25) is 0 Å². The topological polar surface area (TPSA) is 139 Å². The van der Waals surface area contributed by atoms with Gasteiger partial charge in [-0.2, -0.15) is 18.2 Å². The Labute approximate surface area is 231 Å². The molecule has 11 nitrogen and oxygen atoms in total. The van der Waals surface area contributed by atoms with Crippen LogP contribution in [0.5, 0.6) is 5.75 Å². The summed E-state index contributed by atoms with van der Waals surface area (Å²) in [5, 5.41) is 9.01. The molecule has 1 aromatic carbocycles. The molecule has 2 unspecified atom stereocenters. The molecule has 15 heteroatoms. The number of ether oxygens (including phenoxy) is 3. The molecule has 0 spiro atoms. The molecule has 0 bridgehead atoms. The van der Waals surface area contributed by atoms with Gasteiger partial charge in [0, 0.05) is 43.7 Å². The minimum absolute atomic E-state index is 0.0541. The van der Waals surface area contributed by atoms with Crippen molar-refractivity contribution in [2.24, 2.45) is 0 Å². The maximum absolute atomic E-state index is 13.6. The van der Waals surface area contributed by atoms with Gasteiger partial charge in [-0.25, -0.2) is 14.2 Å². The first kappa shape index (κ1) is 31.0. The molecule has 40 heavy (non-hydrogen) atoms. The van der Waals surface area contributed by atoms with Crippen LogP contribution in [0.15, 0.2) is 41.7 Å². The van der Waals surface area contributed by atoms with E-state index in [0.717, 1.165) is 4.57 Å². The zero-order chi connectivity index (χ0) is 29.4. The molecule has 0 saturated heterocycles. The largest absolute Gasteiger partial charge is 0.609 e. The van der Waals surface area contributed by atoms with E-state index in [2.05, 4.69) is 9.97 Å². The number of likely N-dealkylation sites (N-methyl/N-ethyl adjacent to an activating group) is 1. The number of alkyl halides is 3. The molecule has 3 aromatic rings. The van der Waals surface area contributed by atoms with E-state index in [4.69, 9.17) is 19.3 Å². The summed E-state index contributed by atoms with van der Waals surface area (Å²) in [5.41, 5.74) is 1.24. The first-order valence-corrected chi connectivity index (χ1v) is 13.4. The van der Waals surface area contributed by atoms with Crippen molar-refractivity contribution < 1.29 is 46.6 Å². The van der Waals surface area contributed by atoms with E-state index in [1.54, 1.807) is 24.3 Å². The van der Waals surface area contributed by atoms with E-state index in [9.17, 15) is 27.3 Å². The van der Waals surface area contributed by atoms with E-state index in [1.807, 2.05) is 0 Å². The van der Waals surface area contributed by atoms with Crippen LogP contribution in [-0.4, -0.2) is 87.5 Å². The molecule has 2 aromatic heterocycles. The SMILES string of the molecule is COCCCC(CN(C)C(=O)n1c([S+]([O-])Cc2nccc(OCC(F)(F)F)c2C)nc2ccccc21)OC(=O)O. The number of carbonyl (C=O) groups excluding carboxylic acids is 1. The molecule has 2 heterocycles. The first-order chi connectivity index (χ1) is 18.9. The first-order valence-electron chi connectivity index (χ1n) is 12.0. The predicted octanol–water partition coefficient (Wildman–Crippen LogP) is 4.38. The molecule has 1 N–H and O–H groups in total. The summed E-state index contributed by atoms with van der Waals surface area (Å²) in [6.45, 7) is 0.295. The van der Waals surface area contributed by atoms with Gasteiger partial charge >= 0.3 is 23.5 Å².